The monoisotopic (exact) mass is 370 g/mol. The van der Waals surface area contributed by atoms with Crippen molar-refractivity contribution in [1.82, 2.24) is 15.1 Å². The number of benzene rings is 1. The van der Waals surface area contributed by atoms with Crippen molar-refractivity contribution in [2.75, 3.05) is 18.0 Å². The Hall–Kier alpha value is -3.21. The molecule has 28 heavy (non-hydrogen) atoms. The normalized spacial score (nSPS) is 15.2. The first-order chi connectivity index (χ1) is 13.8. The molecule has 0 N–H and O–H groups in total. The van der Waals surface area contributed by atoms with Gasteiger partial charge in [0.2, 0.25) is 5.58 Å². The predicted octanol–water partition coefficient (Wildman–Crippen LogP) is 4.98. The van der Waals surface area contributed by atoms with Crippen LogP contribution < -0.4 is 4.90 Å². The summed E-state index contributed by atoms with van der Waals surface area (Å²) in [5.41, 5.74) is 6.87. The van der Waals surface area contributed by atoms with E-state index in [4.69, 9.17) is 9.51 Å². The summed E-state index contributed by atoms with van der Waals surface area (Å²) in [5.74, 6) is 0.615. The highest BCUT2D eigenvalue weighted by Gasteiger charge is 2.24. The van der Waals surface area contributed by atoms with E-state index in [1.54, 1.807) is 6.20 Å². The summed E-state index contributed by atoms with van der Waals surface area (Å²) in [6, 6.07) is 16.9. The molecular formula is C23H22N4O. The van der Waals surface area contributed by atoms with Crippen LogP contribution in [-0.2, 0) is 0 Å². The number of rotatable bonds is 3. The van der Waals surface area contributed by atoms with Gasteiger partial charge in [-0.15, -0.1) is 0 Å². The number of hydrogen-bond donors (Lipinski definition) is 0. The SMILES string of the molecule is Cc1noc2c(N3CCC(c4ccccc4)CC3)cc(-c3cccnc3)nc12. The smallest absolute Gasteiger partial charge is 0.208 e. The van der Waals surface area contributed by atoms with E-state index in [0.717, 1.165) is 59.7 Å². The van der Waals surface area contributed by atoms with Crippen molar-refractivity contribution < 1.29 is 4.52 Å². The van der Waals surface area contributed by atoms with Crippen molar-refractivity contribution >= 4 is 16.8 Å². The van der Waals surface area contributed by atoms with Gasteiger partial charge >= 0.3 is 0 Å². The number of piperidine rings is 1. The fourth-order valence-electron chi connectivity index (χ4n) is 4.09. The molecule has 4 aromatic rings. The minimum absolute atomic E-state index is 0.615. The van der Waals surface area contributed by atoms with Crippen LogP contribution in [0, 0.1) is 6.92 Å². The molecule has 1 aromatic carbocycles. The first kappa shape index (κ1) is 16.9. The van der Waals surface area contributed by atoms with E-state index in [1.165, 1.54) is 5.56 Å². The molecule has 0 atom stereocenters. The Morgan fingerprint density at radius 3 is 2.61 bits per heavy atom. The zero-order chi connectivity index (χ0) is 18.9. The van der Waals surface area contributed by atoms with E-state index in [2.05, 4.69) is 51.4 Å². The Morgan fingerprint density at radius 1 is 1.04 bits per heavy atom. The molecule has 0 spiro atoms. The van der Waals surface area contributed by atoms with E-state index in [1.807, 2.05) is 25.3 Å². The quantitative estimate of drug-likeness (QED) is 0.509. The van der Waals surface area contributed by atoms with Crippen molar-refractivity contribution in [2.24, 2.45) is 0 Å². The van der Waals surface area contributed by atoms with E-state index in [0.29, 0.717) is 5.92 Å². The van der Waals surface area contributed by atoms with Crippen molar-refractivity contribution in [3.8, 4) is 11.3 Å². The maximum atomic E-state index is 5.67. The van der Waals surface area contributed by atoms with Gasteiger partial charge in [-0.05, 0) is 49.4 Å². The lowest BCUT2D eigenvalue weighted by molar-refractivity contribution is 0.447. The number of nitrogens with zero attached hydrogens (tertiary/aromatic N) is 4. The summed E-state index contributed by atoms with van der Waals surface area (Å²) in [6.07, 6.45) is 5.89. The van der Waals surface area contributed by atoms with E-state index in [9.17, 15) is 0 Å². The molecule has 5 heteroatoms. The third-order valence-electron chi connectivity index (χ3n) is 5.63. The third-order valence-corrected chi connectivity index (χ3v) is 5.63. The molecule has 5 nitrogen and oxygen atoms in total. The van der Waals surface area contributed by atoms with Gasteiger partial charge in [-0.25, -0.2) is 4.98 Å². The average Bonchev–Trinajstić information content (AvgIpc) is 3.15. The lowest BCUT2D eigenvalue weighted by Gasteiger charge is -2.33. The molecule has 1 fully saturated rings. The summed E-state index contributed by atoms with van der Waals surface area (Å²) in [5, 5.41) is 4.17. The van der Waals surface area contributed by atoms with Gasteiger partial charge in [-0.3, -0.25) is 4.98 Å². The molecule has 3 aromatic heterocycles. The standard InChI is InChI=1S/C23H22N4O/c1-16-22-23(28-26-16)21(14-20(25-22)19-8-5-11-24-15-19)27-12-9-18(10-13-27)17-6-3-2-4-7-17/h2-8,11,14-15,18H,9-10,12-13H2,1H3. The summed E-state index contributed by atoms with van der Waals surface area (Å²) in [6.45, 7) is 3.92. The van der Waals surface area contributed by atoms with E-state index in [-0.39, 0.29) is 0 Å². The molecule has 0 amide bonds. The number of hydrogen-bond acceptors (Lipinski definition) is 5. The summed E-state index contributed by atoms with van der Waals surface area (Å²) >= 11 is 0. The van der Waals surface area contributed by atoms with Gasteiger partial charge in [0, 0.05) is 31.0 Å². The number of aromatic nitrogens is 3. The highest BCUT2D eigenvalue weighted by Crippen LogP contribution is 2.36. The Bertz CT molecular complexity index is 1080. The van der Waals surface area contributed by atoms with Crippen LogP contribution in [0.2, 0.25) is 0 Å². The van der Waals surface area contributed by atoms with Gasteiger partial charge < -0.3 is 9.42 Å². The Balaban J connectivity index is 1.49. The van der Waals surface area contributed by atoms with E-state index < -0.39 is 0 Å². The number of anilines is 1. The van der Waals surface area contributed by atoms with Gasteiger partial charge in [0.05, 0.1) is 11.4 Å². The molecular weight excluding hydrogens is 348 g/mol. The molecule has 0 radical (unpaired) electrons. The second-order valence-corrected chi connectivity index (χ2v) is 7.39. The Morgan fingerprint density at radius 2 is 1.86 bits per heavy atom. The lowest BCUT2D eigenvalue weighted by Crippen LogP contribution is -2.33. The van der Waals surface area contributed by atoms with Crippen LogP contribution in [0.25, 0.3) is 22.4 Å². The Labute approximate surface area is 164 Å². The summed E-state index contributed by atoms with van der Waals surface area (Å²) in [4.78, 5) is 11.5. The summed E-state index contributed by atoms with van der Waals surface area (Å²) in [7, 11) is 0. The van der Waals surface area contributed by atoms with Gasteiger partial charge in [-0.1, -0.05) is 35.5 Å². The van der Waals surface area contributed by atoms with Gasteiger partial charge in [0.1, 0.15) is 11.2 Å². The van der Waals surface area contributed by atoms with Gasteiger partial charge in [-0.2, -0.15) is 0 Å². The number of aryl methyl sites for hydroxylation is 1. The van der Waals surface area contributed by atoms with Gasteiger partial charge in [0.25, 0.3) is 0 Å². The molecule has 5 rings (SSSR count). The highest BCUT2D eigenvalue weighted by molar-refractivity contribution is 5.90. The molecule has 0 bridgehead atoms. The minimum Gasteiger partial charge on any atom is -0.368 e. The Kier molecular flexibility index (Phi) is 4.28. The second-order valence-electron chi connectivity index (χ2n) is 7.39. The van der Waals surface area contributed by atoms with Crippen molar-refractivity contribution in [3.05, 3.63) is 72.2 Å². The van der Waals surface area contributed by atoms with Crippen LogP contribution in [0.4, 0.5) is 5.69 Å². The third kappa shape index (κ3) is 3.03. The van der Waals surface area contributed by atoms with Crippen molar-refractivity contribution in [1.29, 1.82) is 0 Å². The zero-order valence-electron chi connectivity index (χ0n) is 15.9. The van der Waals surface area contributed by atoms with E-state index >= 15 is 0 Å². The molecule has 1 aliphatic heterocycles. The van der Waals surface area contributed by atoms with Crippen LogP contribution in [-0.4, -0.2) is 28.2 Å². The first-order valence-corrected chi connectivity index (χ1v) is 9.77. The van der Waals surface area contributed by atoms with Crippen LogP contribution in [0.3, 0.4) is 0 Å². The topological polar surface area (TPSA) is 55.1 Å². The van der Waals surface area contributed by atoms with Crippen LogP contribution in [0.5, 0.6) is 0 Å². The van der Waals surface area contributed by atoms with Crippen LogP contribution >= 0.6 is 0 Å². The minimum atomic E-state index is 0.615. The lowest BCUT2D eigenvalue weighted by atomic mass is 9.89. The van der Waals surface area contributed by atoms with Crippen LogP contribution in [0.15, 0.2) is 65.4 Å². The molecule has 1 aliphatic rings. The fraction of sp³-hybridized carbons (Fsp3) is 0.261. The molecule has 0 aliphatic carbocycles. The van der Waals surface area contributed by atoms with Crippen molar-refractivity contribution in [3.63, 3.8) is 0 Å². The molecule has 0 saturated carbocycles. The van der Waals surface area contributed by atoms with Crippen LogP contribution in [0.1, 0.15) is 30.0 Å². The molecule has 0 unspecified atom stereocenters. The van der Waals surface area contributed by atoms with Gasteiger partial charge in [0.15, 0.2) is 0 Å². The number of pyridine rings is 2. The maximum Gasteiger partial charge on any atom is 0.208 e. The maximum absolute atomic E-state index is 5.67. The second kappa shape index (κ2) is 7.08. The molecule has 140 valence electrons. The molecule has 1 saturated heterocycles. The predicted molar refractivity (Wildman–Crippen MR) is 110 cm³/mol. The number of fused-ring (bicyclic) bond motifs is 1. The first-order valence-electron chi connectivity index (χ1n) is 9.77. The summed E-state index contributed by atoms with van der Waals surface area (Å²) < 4.78 is 5.67. The largest absolute Gasteiger partial charge is 0.368 e. The average molecular weight is 370 g/mol. The zero-order valence-corrected chi connectivity index (χ0v) is 15.9. The van der Waals surface area contributed by atoms with Crippen molar-refractivity contribution in [2.45, 2.75) is 25.7 Å². The molecule has 4 heterocycles. The highest BCUT2D eigenvalue weighted by atomic mass is 16.5. The fourth-order valence-corrected chi connectivity index (χ4v) is 4.09.